The third kappa shape index (κ3) is 4.23. The topological polar surface area (TPSA) is 58.4 Å². The monoisotopic (exact) mass is 327 g/mol. The predicted molar refractivity (Wildman–Crippen MR) is 92.7 cm³/mol. The summed E-state index contributed by atoms with van der Waals surface area (Å²) in [6.45, 7) is 6.73. The first kappa shape index (κ1) is 16.7. The van der Waals surface area contributed by atoms with E-state index in [0.29, 0.717) is 12.2 Å². The Hall–Kier alpha value is -2.14. The van der Waals surface area contributed by atoms with Crippen LogP contribution in [0.25, 0.3) is 0 Å². The molecule has 0 radical (unpaired) electrons. The second-order valence-corrected chi connectivity index (χ2v) is 6.58. The number of nitrogens with one attached hydrogen (secondary N) is 1. The summed E-state index contributed by atoms with van der Waals surface area (Å²) in [5.41, 5.74) is 3.20. The minimum Gasteiger partial charge on any atom is -0.361 e. The van der Waals surface area contributed by atoms with Crippen molar-refractivity contribution in [1.82, 2.24) is 15.4 Å². The molecule has 0 saturated carbocycles. The molecule has 0 spiro atoms. The molecule has 1 atom stereocenters. The van der Waals surface area contributed by atoms with Crippen LogP contribution in [0.2, 0.25) is 0 Å². The number of carbonyl (C=O) groups excluding carboxylic acids is 1. The van der Waals surface area contributed by atoms with Crippen molar-refractivity contribution < 1.29 is 9.32 Å². The maximum Gasteiger partial charge on any atom is 0.226 e. The lowest BCUT2D eigenvalue weighted by Crippen LogP contribution is -2.37. The Balaban J connectivity index is 1.63. The van der Waals surface area contributed by atoms with Crippen molar-refractivity contribution in [3.8, 4) is 0 Å². The maximum absolute atomic E-state index is 12.2. The fraction of sp³-hybridized carbons (Fsp3) is 0.474. The van der Waals surface area contributed by atoms with Gasteiger partial charge in [-0.05, 0) is 45.3 Å². The highest BCUT2D eigenvalue weighted by Gasteiger charge is 2.24. The molecule has 2 heterocycles. The highest BCUT2D eigenvalue weighted by Crippen LogP contribution is 2.24. The molecule has 1 aromatic heterocycles. The molecule has 128 valence electrons. The van der Waals surface area contributed by atoms with Crippen LogP contribution in [0.3, 0.4) is 0 Å². The van der Waals surface area contributed by atoms with Gasteiger partial charge >= 0.3 is 0 Å². The summed E-state index contributed by atoms with van der Waals surface area (Å²) in [4.78, 5) is 14.7. The van der Waals surface area contributed by atoms with Crippen LogP contribution in [0.5, 0.6) is 0 Å². The third-order valence-corrected chi connectivity index (χ3v) is 4.55. The zero-order valence-corrected chi connectivity index (χ0v) is 14.4. The van der Waals surface area contributed by atoms with E-state index in [2.05, 4.69) is 46.6 Å². The normalized spacial score (nSPS) is 16.2. The van der Waals surface area contributed by atoms with E-state index >= 15 is 0 Å². The Morgan fingerprint density at radius 1 is 1.25 bits per heavy atom. The minimum absolute atomic E-state index is 0.0143. The van der Waals surface area contributed by atoms with Crippen LogP contribution in [0.4, 0.5) is 0 Å². The fourth-order valence-corrected chi connectivity index (χ4v) is 3.24. The van der Waals surface area contributed by atoms with Gasteiger partial charge in [0.15, 0.2) is 0 Å². The lowest BCUT2D eigenvalue weighted by molar-refractivity contribution is -0.120. The molecule has 1 aliphatic rings. The molecule has 5 nitrogen and oxygen atoms in total. The smallest absolute Gasteiger partial charge is 0.226 e. The van der Waals surface area contributed by atoms with E-state index in [4.69, 9.17) is 4.52 Å². The summed E-state index contributed by atoms with van der Waals surface area (Å²) < 4.78 is 5.01. The van der Waals surface area contributed by atoms with E-state index in [9.17, 15) is 4.79 Å². The molecule has 3 rings (SSSR count). The molecule has 2 aromatic rings. The van der Waals surface area contributed by atoms with Crippen LogP contribution >= 0.6 is 0 Å². The van der Waals surface area contributed by atoms with Crippen LogP contribution in [0, 0.1) is 13.8 Å². The molecular formula is C19H25N3O2. The second kappa shape index (κ2) is 7.62. The molecule has 5 heteroatoms. The van der Waals surface area contributed by atoms with Crippen molar-refractivity contribution in [3.63, 3.8) is 0 Å². The van der Waals surface area contributed by atoms with Crippen molar-refractivity contribution in [2.75, 3.05) is 19.6 Å². The van der Waals surface area contributed by atoms with Crippen LogP contribution < -0.4 is 5.32 Å². The molecule has 1 unspecified atom stereocenters. The number of likely N-dealkylation sites (tertiary alicyclic amines) is 1. The first-order valence-electron chi connectivity index (χ1n) is 8.61. The summed E-state index contributed by atoms with van der Waals surface area (Å²) in [6.07, 6.45) is 2.72. The summed E-state index contributed by atoms with van der Waals surface area (Å²) in [7, 11) is 0. The van der Waals surface area contributed by atoms with Gasteiger partial charge < -0.3 is 9.84 Å². The Kier molecular flexibility index (Phi) is 5.30. The third-order valence-electron chi connectivity index (χ3n) is 4.55. The van der Waals surface area contributed by atoms with Gasteiger partial charge in [0.05, 0.1) is 18.2 Å². The Morgan fingerprint density at radius 2 is 1.96 bits per heavy atom. The molecule has 0 aliphatic carbocycles. The lowest BCUT2D eigenvalue weighted by atomic mass is 10.0. The molecule has 1 N–H and O–H groups in total. The SMILES string of the molecule is Cc1ccc(C(CNC(=O)Cc2cc(C)on2)N2CCCC2)cc1. The molecule has 1 aromatic carbocycles. The van der Waals surface area contributed by atoms with Crippen LogP contribution in [-0.2, 0) is 11.2 Å². The Morgan fingerprint density at radius 3 is 2.58 bits per heavy atom. The van der Waals surface area contributed by atoms with Gasteiger partial charge in [0.2, 0.25) is 5.91 Å². The number of aryl methyl sites for hydroxylation is 2. The minimum atomic E-state index is -0.0143. The van der Waals surface area contributed by atoms with Crippen molar-refractivity contribution in [1.29, 1.82) is 0 Å². The number of hydrogen-bond donors (Lipinski definition) is 1. The zero-order valence-electron chi connectivity index (χ0n) is 14.4. The average Bonchev–Trinajstić information content (AvgIpc) is 3.21. The lowest BCUT2D eigenvalue weighted by Gasteiger charge is -2.28. The second-order valence-electron chi connectivity index (χ2n) is 6.58. The highest BCUT2D eigenvalue weighted by atomic mass is 16.5. The number of carbonyl (C=O) groups is 1. The summed E-state index contributed by atoms with van der Waals surface area (Å²) in [5.74, 6) is 0.715. The number of hydrogen-bond acceptors (Lipinski definition) is 4. The van der Waals surface area contributed by atoms with Gasteiger partial charge in [-0.1, -0.05) is 35.0 Å². The van der Waals surface area contributed by atoms with Gasteiger partial charge in [0, 0.05) is 12.6 Å². The van der Waals surface area contributed by atoms with Gasteiger partial charge in [-0.3, -0.25) is 9.69 Å². The van der Waals surface area contributed by atoms with E-state index in [1.807, 2.05) is 6.92 Å². The van der Waals surface area contributed by atoms with Crippen LogP contribution in [0.1, 0.15) is 41.5 Å². The van der Waals surface area contributed by atoms with Crippen LogP contribution in [-0.4, -0.2) is 35.6 Å². The first-order chi connectivity index (χ1) is 11.6. The Labute approximate surface area is 143 Å². The fourth-order valence-electron chi connectivity index (χ4n) is 3.24. The molecular weight excluding hydrogens is 302 g/mol. The largest absolute Gasteiger partial charge is 0.361 e. The van der Waals surface area contributed by atoms with Gasteiger partial charge in [-0.25, -0.2) is 0 Å². The van der Waals surface area contributed by atoms with Crippen LogP contribution in [0.15, 0.2) is 34.9 Å². The number of rotatable bonds is 6. The Bertz CT molecular complexity index is 672. The average molecular weight is 327 g/mol. The van der Waals surface area contributed by atoms with Crippen molar-refractivity contribution >= 4 is 5.91 Å². The van der Waals surface area contributed by atoms with E-state index in [1.54, 1.807) is 6.07 Å². The van der Waals surface area contributed by atoms with Gasteiger partial charge in [-0.2, -0.15) is 0 Å². The predicted octanol–water partition coefficient (Wildman–Crippen LogP) is 2.79. The highest BCUT2D eigenvalue weighted by molar-refractivity contribution is 5.78. The molecule has 1 aliphatic heterocycles. The van der Waals surface area contributed by atoms with E-state index in [-0.39, 0.29) is 18.4 Å². The standard InChI is InChI=1S/C19H25N3O2/c1-14-5-7-16(8-6-14)18(22-9-3-4-10-22)13-20-19(23)12-17-11-15(2)24-21-17/h5-8,11,18H,3-4,9-10,12-13H2,1-2H3,(H,20,23). The number of nitrogens with zero attached hydrogens (tertiary/aromatic N) is 2. The molecule has 1 fully saturated rings. The van der Waals surface area contributed by atoms with E-state index < -0.39 is 0 Å². The molecule has 1 saturated heterocycles. The van der Waals surface area contributed by atoms with Crippen molar-refractivity contribution in [3.05, 3.63) is 52.9 Å². The quantitative estimate of drug-likeness (QED) is 0.886. The molecule has 24 heavy (non-hydrogen) atoms. The van der Waals surface area contributed by atoms with E-state index in [0.717, 1.165) is 18.8 Å². The van der Waals surface area contributed by atoms with Gasteiger partial charge in [0.1, 0.15) is 5.76 Å². The van der Waals surface area contributed by atoms with Crippen molar-refractivity contribution in [2.45, 2.75) is 39.2 Å². The maximum atomic E-state index is 12.2. The number of amides is 1. The summed E-state index contributed by atoms with van der Waals surface area (Å²) in [5, 5.41) is 6.95. The number of aromatic nitrogens is 1. The molecule has 1 amide bonds. The first-order valence-corrected chi connectivity index (χ1v) is 8.61. The van der Waals surface area contributed by atoms with Crippen molar-refractivity contribution in [2.24, 2.45) is 0 Å². The molecule has 0 bridgehead atoms. The van der Waals surface area contributed by atoms with Gasteiger partial charge in [0.25, 0.3) is 0 Å². The summed E-state index contributed by atoms with van der Waals surface area (Å²) >= 11 is 0. The number of benzene rings is 1. The van der Waals surface area contributed by atoms with E-state index in [1.165, 1.54) is 24.0 Å². The van der Waals surface area contributed by atoms with Gasteiger partial charge in [-0.15, -0.1) is 0 Å². The zero-order chi connectivity index (χ0) is 16.9. The summed E-state index contributed by atoms with van der Waals surface area (Å²) in [6, 6.07) is 10.7.